The lowest BCUT2D eigenvalue weighted by atomic mass is 9.84. The largest absolute Gasteiger partial charge is 0.357 e. The molecule has 0 aromatic carbocycles. The predicted molar refractivity (Wildman–Crippen MR) is 111 cm³/mol. The number of guanidine groups is 1. The summed E-state index contributed by atoms with van der Waals surface area (Å²) in [6, 6.07) is 0.616. The van der Waals surface area contributed by atoms with Crippen LogP contribution in [0, 0.1) is 0 Å². The number of nitrogens with one attached hydrogen (secondary N) is 2. The van der Waals surface area contributed by atoms with Crippen molar-refractivity contribution in [3.63, 3.8) is 0 Å². The fourth-order valence-corrected chi connectivity index (χ4v) is 4.96. The first-order valence-electron chi connectivity index (χ1n) is 11.2. The third-order valence-electron chi connectivity index (χ3n) is 6.77. The first kappa shape index (κ1) is 19.9. The van der Waals surface area contributed by atoms with E-state index in [1.54, 1.807) is 0 Å². The van der Waals surface area contributed by atoms with Crippen molar-refractivity contribution in [2.75, 3.05) is 46.3 Å². The third kappa shape index (κ3) is 5.35. The van der Waals surface area contributed by atoms with Crippen LogP contribution in [0.5, 0.6) is 0 Å². The van der Waals surface area contributed by atoms with E-state index >= 15 is 0 Å². The van der Waals surface area contributed by atoms with Gasteiger partial charge in [0.15, 0.2) is 5.96 Å². The van der Waals surface area contributed by atoms with E-state index in [-0.39, 0.29) is 5.54 Å². The van der Waals surface area contributed by atoms with Gasteiger partial charge < -0.3 is 15.5 Å². The minimum Gasteiger partial charge on any atom is -0.357 e. The molecule has 5 heteroatoms. The number of hydrogen-bond donors (Lipinski definition) is 2. The Morgan fingerprint density at radius 3 is 2.27 bits per heavy atom. The Balaban J connectivity index is 1.67. The number of piperidine rings is 2. The molecule has 0 unspecified atom stereocenters. The average Bonchev–Trinajstić information content (AvgIpc) is 2.69. The molecule has 3 aliphatic rings. The highest BCUT2D eigenvalue weighted by molar-refractivity contribution is 5.80. The SMILES string of the molecule is CCNC(=NCC1(N2CCCCC2)CCN(C)CC1)NC1CCCCC1. The van der Waals surface area contributed by atoms with Gasteiger partial charge in [0.25, 0.3) is 0 Å². The number of rotatable bonds is 5. The van der Waals surface area contributed by atoms with Gasteiger partial charge in [0, 0.05) is 18.1 Å². The molecule has 2 aliphatic heterocycles. The van der Waals surface area contributed by atoms with E-state index in [4.69, 9.17) is 4.99 Å². The second-order valence-corrected chi connectivity index (χ2v) is 8.75. The van der Waals surface area contributed by atoms with E-state index in [0.717, 1.165) is 19.0 Å². The minimum absolute atomic E-state index is 0.280. The zero-order chi connectivity index (χ0) is 18.2. The molecule has 2 N–H and O–H groups in total. The number of nitrogens with zero attached hydrogens (tertiary/aromatic N) is 3. The first-order chi connectivity index (χ1) is 12.7. The van der Waals surface area contributed by atoms with Crippen LogP contribution in [0.25, 0.3) is 0 Å². The number of hydrogen-bond acceptors (Lipinski definition) is 3. The average molecular weight is 364 g/mol. The fourth-order valence-electron chi connectivity index (χ4n) is 4.96. The van der Waals surface area contributed by atoms with Crippen LogP contribution in [-0.2, 0) is 0 Å². The molecule has 0 aromatic heterocycles. The summed E-state index contributed by atoms with van der Waals surface area (Å²) >= 11 is 0. The van der Waals surface area contributed by atoms with Crippen LogP contribution in [0.15, 0.2) is 4.99 Å². The summed E-state index contributed by atoms with van der Waals surface area (Å²) in [5.74, 6) is 1.05. The van der Waals surface area contributed by atoms with Crippen LogP contribution in [0.4, 0.5) is 0 Å². The predicted octanol–water partition coefficient (Wildman–Crippen LogP) is 2.82. The number of aliphatic imine (C=N–C) groups is 1. The lowest BCUT2D eigenvalue weighted by Crippen LogP contribution is -2.58. The molecule has 2 saturated heterocycles. The molecule has 2 heterocycles. The van der Waals surface area contributed by atoms with E-state index in [1.807, 2.05) is 0 Å². The van der Waals surface area contributed by atoms with Gasteiger partial charge in [-0.15, -0.1) is 0 Å². The van der Waals surface area contributed by atoms with Crippen LogP contribution >= 0.6 is 0 Å². The molecule has 0 spiro atoms. The standard InChI is InChI=1S/C21H41N5/c1-3-22-20(24-19-10-6-4-7-11-19)23-18-21(12-16-25(2)17-13-21)26-14-8-5-9-15-26/h19H,3-18H2,1-2H3,(H2,22,23,24). The molecular formula is C21H41N5. The maximum Gasteiger partial charge on any atom is 0.191 e. The Bertz CT molecular complexity index is 430. The monoisotopic (exact) mass is 363 g/mol. The Morgan fingerprint density at radius 2 is 1.62 bits per heavy atom. The van der Waals surface area contributed by atoms with E-state index in [1.165, 1.54) is 90.4 Å². The highest BCUT2D eigenvalue weighted by Crippen LogP contribution is 2.31. The Morgan fingerprint density at radius 1 is 0.962 bits per heavy atom. The quantitative estimate of drug-likeness (QED) is 0.582. The molecule has 1 saturated carbocycles. The molecule has 3 rings (SSSR count). The van der Waals surface area contributed by atoms with E-state index in [0.29, 0.717) is 6.04 Å². The second-order valence-electron chi connectivity index (χ2n) is 8.75. The molecule has 5 nitrogen and oxygen atoms in total. The van der Waals surface area contributed by atoms with Gasteiger partial charge in [0.05, 0.1) is 6.54 Å². The summed E-state index contributed by atoms with van der Waals surface area (Å²) in [5.41, 5.74) is 0.280. The third-order valence-corrected chi connectivity index (χ3v) is 6.77. The smallest absolute Gasteiger partial charge is 0.191 e. The minimum atomic E-state index is 0.280. The van der Waals surface area contributed by atoms with Crippen molar-refractivity contribution in [1.29, 1.82) is 0 Å². The molecule has 0 atom stereocenters. The van der Waals surface area contributed by atoms with Gasteiger partial charge in [-0.2, -0.15) is 0 Å². The van der Waals surface area contributed by atoms with Crippen molar-refractivity contribution in [1.82, 2.24) is 20.4 Å². The first-order valence-corrected chi connectivity index (χ1v) is 11.2. The molecule has 0 aromatic rings. The summed E-state index contributed by atoms with van der Waals surface area (Å²) in [7, 11) is 2.26. The zero-order valence-electron chi connectivity index (χ0n) is 17.2. The molecule has 150 valence electrons. The van der Waals surface area contributed by atoms with Crippen molar-refractivity contribution in [3.05, 3.63) is 0 Å². The van der Waals surface area contributed by atoms with Crippen molar-refractivity contribution >= 4 is 5.96 Å². The Labute approximate surface area is 161 Å². The van der Waals surface area contributed by atoms with Crippen LogP contribution in [0.3, 0.4) is 0 Å². The highest BCUT2D eigenvalue weighted by atomic mass is 15.3. The van der Waals surface area contributed by atoms with Gasteiger partial charge >= 0.3 is 0 Å². The molecule has 1 aliphatic carbocycles. The van der Waals surface area contributed by atoms with Crippen LogP contribution in [0.2, 0.25) is 0 Å². The van der Waals surface area contributed by atoms with Gasteiger partial charge in [-0.1, -0.05) is 25.7 Å². The maximum absolute atomic E-state index is 5.14. The Kier molecular flexibility index (Phi) is 7.62. The lowest BCUT2D eigenvalue weighted by molar-refractivity contribution is 0.0208. The van der Waals surface area contributed by atoms with Crippen molar-refractivity contribution < 1.29 is 0 Å². The fraction of sp³-hybridized carbons (Fsp3) is 0.952. The molecule has 26 heavy (non-hydrogen) atoms. The highest BCUT2D eigenvalue weighted by Gasteiger charge is 2.39. The van der Waals surface area contributed by atoms with Gasteiger partial charge in [-0.05, 0) is 78.7 Å². The van der Waals surface area contributed by atoms with Gasteiger partial charge in [0.2, 0.25) is 0 Å². The van der Waals surface area contributed by atoms with Crippen molar-refractivity contribution in [2.45, 2.75) is 82.7 Å². The summed E-state index contributed by atoms with van der Waals surface area (Å²) in [6.45, 7) is 9.02. The van der Waals surface area contributed by atoms with Gasteiger partial charge in [-0.25, -0.2) is 0 Å². The van der Waals surface area contributed by atoms with Gasteiger partial charge in [-0.3, -0.25) is 9.89 Å². The second kappa shape index (κ2) is 9.93. The summed E-state index contributed by atoms with van der Waals surface area (Å²) in [5, 5.41) is 7.24. The Hall–Kier alpha value is -0.810. The molecule has 0 amide bonds. The summed E-state index contributed by atoms with van der Waals surface area (Å²) in [4.78, 5) is 10.4. The van der Waals surface area contributed by atoms with Crippen LogP contribution in [0.1, 0.15) is 71.1 Å². The topological polar surface area (TPSA) is 42.9 Å². The summed E-state index contributed by atoms with van der Waals surface area (Å²) < 4.78 is 0. The normalized spacial score (nSPS) is 26.6. The molecular weight excluding hydrogens is 322 g/mol. The van der Waals surface area contributed by atoms with Crippen LogP contribution < -0.4 is 10.6 Å². The van der Waals surface area contributed by atoms with Crippen LogP contribution in [-0.4, -0.2) is 73.7 Å². The van der Waals surface area contributed by atoms with Crippen molar-refractivity contribution in [2.24, 2.45) is 4.99 Å². The van der Waals surface area contributed by atoms with Crippen molar-refractivity contribution in [3.8, 4) is 0 Å². The van der Waals surface area contributed by atoms with Gasteiger partial charge in [0.1, 0.15) is 0 Å². The van der Waals surface area contributed by atoms with E-state index in [9.17, 15) is 0 Å². The molecule has 0 bridgehead atoms. The lowest BCUT2D eigenvalue weighted by Gasteiger charge is -2.49. The zero-order valence-corrected chi connectivity index (χ0v) is 17.2. The van der Waals surface area contributed by atoms with E-state index < -0.39 is 0 Å². The number of likely N-dealkylation sites (tertiary alicyclic amines) is 2. The van der Waals surface area contributed by atoms with E-state index in [2.05, 4.69) is 34.4 Å². The molecule has 0 radical (unpaired) electrons. The maximum atomic E-state index is 5.14. The molecule has 3 fully saturated rings. The summed E-state index contributed by atoms with van der Waals surface area (Å²) in [6.07, 6.45) is 13.4.